The number of amides is 1. The number of allylic oxidation sites excluding steroid dienone is 1. The van der Waals surface area contributed by atoms with Crippen LogP contribution in [-0.4, -0.2) is 30.1 Å². The number of hydrogen-bond donors (Lipinski definition) is 2. The first-order valence-corrected chi connectivity index (χ1v) is 11.2. The Morgan fingerprint density at radius 2 is 1.69 bits per heavy atom. The minimum atomic E-state index is -0.988. The molecule has 0 saturated heterocycles. The van der Waals surface area contributed by atoms with E-state index in [4.69, 9.17) is 5.11 Å². The van der Waals surface area contributed by atoms with Gasteiger partial charge in [-0.3, -0.25) is 4.79 Å². The number of rotatable bonds is 10. The Morgan fingerprint density at radius 3 is 2.25 bits per heavy atom. The zero-order valence-corrected chi connectivity index (χ0v) is 20.1. The van der Waals surface area contributed by atoms with Crippen molar-refractivity contribution in [1.29, 1.82) is 0 Å². The molecule has 2 rings (SSSR count). The van der Waals surface area contributed by atoms with Gasteiger partial charge in [-0.2, -0.15) is 0 Å². The van der Waals surface area contributed by atoms with Crippen LogP contribution in [0.25, 0.3) is 5.57 Å². The fourth-order valence-electron chi connectivity index (χ4n) is 3.78. The number of carbonyl (C=O) groups is 2. The largest absolute Gasteiger partial charge is 0.478 e. The number of carboxylic acid groups (broad SMARTS) is 1. The molecule has 0 unspecified atom stereocenters. The number of carbonyl (C=O) groups excluding carboxylic acids is 1. The van der Waals surface area contributed by atoms with Gasteiger partial charge in [0, 0.05) is 19.2 Å². The van der Waals surface area contributed by atoms with Gasteiger partial charge in [0.25, 0.3) is 0 Å². The Labute approximate surface area is 192 Å². The molecule has 0 atom stereocenters. The van der Waals surface area contributed by atoms with E-state index < -0.39 is 5.97 Å². The fourth-order valence-corrected chi connectivity index (χ4v) is 3.78. The minimum Gasteiger partial charge on any atom is -0.478 e. The van der Waals surface area contributed by atoms with Crippen molar-refractivity contribution in [2.75, 3.05) is 23.3 Å². The maximum atomic E-state index is 12.9. The first kappa shape index (κ1) is 25.2. The summed E-state index contributed by atoms with van der Waals surface area (Å²) in [6.07, 6.45) is 1.47. The van der Waals surface area contributed by atoms with Crippen LogP contribution in [0.2, 0.25) is 0 Å². The lowest BCUT2D eigenvalue weighted by atomic mass is 10.0. The molecule has 5 nitrogen and oxygen atoms in total. The van der Waals surface area contributed by atoms with E-state index in [1.807, 2.05) is 49.4 Å². The molecular weight excluding hydrogens is 400 g/mol. The third kappa shape index (κ3) is 7.88. The van der Waals surface area contributed by atoms with E-state index in [0.29, 0.717) is 23.1 Å². The summed E-state index contributed by atoms with van der Waals surface area (Å²) in [6.45, 7) is 14.2. The summed E-state index contributed by atoms with van der Waals surface area (Å²) >= 11 is 0. The van der Waals surface area contributed by atoms with Gasteiger partial charge in [0.05, 0.1) is 17.8 Å². The lowest BCUT2D eigenvalue weighted by Gasteiger charge is -2.31. The summed E-state index contributed by atoms with van der Waals surface area (Å²) in [5, 5.41) is 12.2. The molecule has 2 N–H and O–H groups in total. The fraction of sp³-hybridized carbons (Fsp3) is 0.407. The maximum Gasteiger partial charge on any atom is 0.328 e. The second-order valence-corrected chi connectivity index (χ2v) is 9.30. The molecule has 32 heavy (non-hydrogen) atoms. The van der Waals surface area contributed by atoms with E-state index in [0.717, 1.165) is 35.5 Å². The van der Waals surface area contributed by atoms with Gasteiger partial charge in [0.15, 0.2) is 0 Å². The van der Waals surface area contributed by atoms with E-state index in [1.54, 1.807) is 6.92 Å². The summed E-state index contributed by atoms with van der Waals surface area (Å²) in [4.78, 5) is 26.4. The van der Waals surface area contributed by atoms with E-state index in [9.17, 15) is 9.59 Å². The molecule has 0 aliphatic carbocycles. The Kier molecular flexibility index (Phi) is 9.06. The third-order valence-corrected chi connectivity index (χ3v) is 5.02. The van der Waals surface area contributed by atoms with Gasteiger partial charge in [-0.05, 0) is 54.5 Å². The maximum absolute atomic E-state index is 12.9. The monoisotopic (exact) mass is 436 g/mol. The van der Waals surface area contributed by atoms with Crippen molar-refractivity contribution in [2.45, 2.75) is 48.0 Å². The van der Waals surface area contributed by atoms with Gasteiger partial charge < -0.3 is 15.3 Å². The van der Waals surface area contributed by atoms with Crippen molar-refractivity contribution >= 4 is 28.8 Å². The molecule has 0 saturated carbocycles. The van der Waals surface area contributed by atoms with Crippen molar-refractivity contribution in [3.05, 3.63) is 65.2 Å². The lowest BCUT2D eigenvalue weighted by molar-refractivity contribution is -0.131. The van der Waals surface area contributed by atoms with Crippen LogP contribution in [-0.2, 0) is 16.0 Å². The SMILES string of the molecule is C/C(=C\C(=O)O)c1ccc(N(CC(C)C)CC(C)C)c(NC(=O)Cc2cccc(C)c2)c1. The Hall–Kier alpha value is -3.08. The Morgan fingerprint density at radius 1 is 1.03 bits per heavy atom. The number of carboxylic acids is 1. The van der Waals surface area contributed by atoms with Crippen molar-refractivity contribution in [1.82, 2.24) is 0 Å². The van der Waals surface area contributed by atoms with E-state index in [1.165, 1.54) is 6.08 Å². The van der Waals surface area contributed by atoms with E-state index in [-0.39, 0.29) is 12.3 Å². The number of aryl methyl sites for hydroxylation is 1. The van der Waals surface area contributed by atoms with Gasteiger partial charge in [0.1, 0.15) is 0 Å². The average molecular weight is 437 g/mol. The quantitative estimate of drug-likeness (QED) is 0.463. The highest BCUT2D eigenvalue weighted by Gasteiger charge is 2.17. The number of anilines is 2. The highest BCUT2D eigenvalue weighted by atomic mass is 16.4. The van der Waals surface area contributed by atoms with Gasteiger partial charge in [0.2, 0.25) is 5.91 Å². The average Bonchev–Trinajstić information content (AvgIpc) is 2.66. The van der Waals surface area contributed by atoms with Gasteiger partial charge in [-0.15, -0.1) is 0 Å². The van der Waals surface area contributed by atoms with Crippen LogP contribution in [0.1, 0.15) is 51.3 Å². The third-order valence-electron chi connectivity index (χ3n) is 5.02. The molecule has 0 aromatic heterocycles. The van der Waals surface area contributed by atoms with Crippen LogP contribution in [0.3, 0.4) is 0 Å². The predicted molar refractivity (Wildman–Crippen MR) is 133 cm³/mol. The molecule has 0 bridgehead atoms. The number of aliphatic carboxylic acids is 1. The summed E-state index contributed by atoms with van der Waals surface area (Å²) < 4.78 is 0. The molecule has 0 fully saturated rings. The van der Waals surface area contributed by atoms with Crippen molar-refractivity contribution in [3.8, 4) is 0 Å². The van der Waals surface area contributed by atoms with Crippen molar-refractivity contribution in [3.63, 3.8) is 0 Å². The smallest absolute Gasteiger partial charge is 0.328 e. The predicted octanol–water partition coefficient (Wildman–Crippen LogP) is 5.78. The molecular formula is C27H36N2O3. The highest BCUT2D eigenvalue weighted by Crippen LogP contribution is 2.31. The van der Waals surface area contributed by atoms with Crippen molar-refractivity contribution < 1.29 is 14.7 Å². The lowest BCUT2D eigenvalue weighted by Crippen LogP contribution is -2.32. The van der Waals surface area contributed by atoms with Crippen LogP contribution in [0, 0.1) is 18.8 Å². The van der Waals surface area contributed by atoms with Crippen LogP contribution in [0.4, 0.5) is 11.4 Å². The van der Waals surface area contributed by atoms with Gasteiger partial charge in [-0.1, -0.05) is 63.6 Å². The second-order valence-electron chi connectivity index (χ2n) is 9.30. The van der Waals surface area contributed by atoms with Gasteiger partial charge in [-0.25, -0.2) is 4.79 Å². The number of benzene rings is 2. The summed E-state index contributed by atoms with van der Waals surface area (Å²) in [5.41, 5.74) is 5.15. The molecule has 0 heterocycles. The van der Waals surface area contributed by atoms with Crippen LogP contribution < -0.4 is 10.2 Å². The first-order chi connectivity index (χ1) is 15.0. The number of nitrogens with one attached hydrogen (secondary N) is 1. The van der Waals surface area contributed by atoms with Crippen LogP contribution in [0.15, 0.2) is 48.5 Å². The molecule has 1 amide bonds. The van der Waals surface area contributed by atoms with Gasteiger partial charge >= 0.3 is 5.97 Å². The molecule has 0 aliphatic rings. The molecule has 2 aromatic rings. The molecule has 5 heteroatoms. The van der Waals surface area contributed by atoms with E-state index in [2.05, 4.69) is 37.9 Å². The second kappa shape index (κ2) is 11.5. The Balaban J connectivity index is 2.43. The number of nitrogens with zero attached hydrogens (tertiary/aromatic N) is 1. The molecule has 0 aliphatic heterocycles. The number of hydrogen-bond acceptors (Lipinski definition) is 3. The zero-order chi connectivity index (χ0) is 23.8. The summed E-state index contributed by atoms with van der Waals surface area (Å²) in [7, 11) is 0. The summed E-state index contributed by atoms with van der Waals surface area (Å²) in [6, 6.07) is 13.7. The Bertz CT molecular complexity index is 967. The summed E-state index contributed by atoms with van der Waals surface area (Å²) in [5.74, 6) is -0.170. The normalized spacial score (nSPS) is 11.7. The molecule has 2 aromatic carbocycles. The van der Waals surface area contributed by atoms with Crippen LogP contribution >= 0.6 is 0 Å². The zero-order valence-electron chi connectivity index (χ0n) is 20.1. The standard InChI is InChI=1S/C27H36N2O3/c1-18(2)16-29(17-19(3)4)25-11-10-23(21(6)13-27(31)32)15-24(25)28-26(30)14-22-9-7-8-20(5)12-22/h7-13,15,18-19H,14,16-17H2,1-6H3,(H,28,30)(H,31,32)/b21-13+. The molecule has 0 spiro atoms. The van der Waals surface area contributed by atoms with Crippen molar-refractivity contribution in [2.24, 2.45) is 11.8 Å². The topological polar surface area (TPSA) is 69.6 Å². The van der Waals surface area contributed by atoms with Crippen LogP contribution in [0.5, 0.6) is 0 Å². The molecule has 0 radical (unpaired) electrons. The van der Waals surface area contributed by atoms with E-state index >= 15 is 0 Å². The minimum absolute atomic E-state index is 0.0945. The first-order valence-electron chi connectivity index (χ1n) is 11.2. The highest BCUT2D eigenvalue weighted by molar-refractivity contribution is 5.97. The molecule has 172 valence electrons.